The molecule has 1 aliphatic heterocycles. The summed E-state index contributed by atoms with van der Waals surface area (Å²) >= 11 is 0. The Hall–Kier alpha value is -1.51. The summed E-state index contributed by atoms with van der Waals surface area (Å²) in [4.78, 5) is 11.9. The first-order valence-corrected chi connectivity index (χ1v) is 6.99. The van der Waals surface area contributed by atoms with Gasteiger partial charge in [-0.15, -0.1) is 0 Å². The smallest absolute Gasteiger partial charge is 0.331 e. The fraction of sp³-hybridized carbons (Fsp3) is 0.562. The zero-order valence-electron chi connectivity index (χ0n) is 11.3. The van der Waals surface area contributed by atoms with Gasteiger partial charge in [0.2, 0.25) is 0 Å². The second kappa shape index (κ2) is 3.33. The predicted molar refractivity (Wildman–Crippen MR) is 69.2 cm³/mol. The van der Waals surface area contributed by atoms with Crippen LogP contribution in [0.4, 0.5) is 0 Å². The van der Waals surface area contributed by atoms with Crippen LogP contribution in [0.1, 0.15) is 44.8 Å². The maximum absolute atomic E-state index is 11.9. The van der Waals surface area contributed by atoms with Gasteiger partial charge < -0.3 is 9.15 Å². The summed E-state index contributed by atoms with van der Waals surface area (Å²) in [5, 5.41) is 0. The lowest BCUT2D eigenvalue weighted by molar-refractivity contribution is -0.153. The molecule has 0 saturated heterocycles. The second-order valence-corrected chi connectivity index (χ2v) is 6.71. The number of rotatable bonds is 1. The van der Waals surface area contributed by atoms with Gasteiger partial charge in [-0.3, -0.25) is 0 Å². The average Bonchev–Trinajstić information content (AvgIpc) is 2.83. The third-order valence-electron chi connectivity index (χ3n) is 5.57. The topological polar surface area (TPSA) is 39.4 Å². The monoisotopic (exact) mass is 258 g/mol. The third-order valence-corrected chi connectivity index (χ3v) is 5.57. The highest BCUT2D eigenvalue weighted by Gasteiger charge is 2.63. The van der Waals surface area contributed by atoms with Crippen molar-refractivity contribution in [2.24, 2.45) is 16.7 Å². The van der Waals surface area contributed by atoms with Crippen LogP contribution in [0.5, 0.6) is 0 Å². The largest absolute Gasteiger partial charge is 0.472 e. The highest BCUT2D eigenvalue weighted by Crippen LogP contribution is 2.71. The molecule has 3 nitrogen and oxygen atoms in total. The van der Waals surface area contributed by atoms with Crippen LogP contribution in [0.25, 0.3) is 0 Å². The zero-order chi connectivity index (χ0) is 13.3. The van der Waals surface area contributed by atoms with E-state index in [0.29, 0.717) is 0 Å². The molecule has 1 aromatic heterocycles. The molecule has 3 aliphatic rings. The molecule has 1 aromatic rings. The van der Waals surface area contributed by atoms with Gasteiger partial charge in [-0.05, 0) is 42.2 Å². The summed E-state index contributed by atoms with van der Waals surface area (Å²) in [6, 6.07) is 1.91. The van der Waals surface area contributed by atoms with Gasteiger partial charge in [0.1, 0.15) is 6.10 Å². The normalized spacial score (nSPS) is 43.9. The van der Waals surface area contributed by atoms with Gasteiger partial charge >= 0.3 is 5.97 Å². The van der Waals surface area contributed by atoms with E-state index in [1.165, 1.54) is 18.4 Å². The van der Waals surface area contributed by atoms with Gasteiger partial charge in [0, 0.05) is 17.1 Å². The van der Waals surface area contributed by atoms with E-state index < -0.39 is 0 Å². The Labute approximate surface area is 112 Å². The first-order valence-electron chi connectivity index (χ1n) is 6.99. The molecule has 0 radical (unpaired) electrons. The number of carbonyl (C=O) groups excluding carboxylic acids is 1. The Morgan fingerprint density at radius 1 is 1.32 bits per heavy atom. The van der Waals surface area contributed by atoms with Crippen molar-refractivity contribution in [1.29, 1.82) is 0 Å². The Balaban J connectivity index is 1.84. The van der Waals surface area contributed by atoms with Crippen LogP contribution in [0, 0.1) is 16.7 Å². The molecule has 3 unspecified atom stereocenters. The second-order valence-electron chi connectivity index (χ2n) is 6.71. The Kier molecular flexibility index (Phi) is 1.98. The van der Waals surface area contributed by atoms with E-state index in [9.17, 15) is 4.79 Å². The summed E-state index contributed by atoms with van der Waals surface area (Å²) in [6.45, 7) is 4.54. The third kappa shape index (κ3) is 1.36. The molecule has 2 saturated carbocycles. The van der Waals surface area contributed by atoms with Crippen LogP contribution in [0.3, 0.4) is 0 Å². The fourth-order valence-electron chi connectivity index (χ4n) is 4.32. The lowest BCUT2D eigenvalue weighted by Crippen LogP contribution is -2.40. The first kappa shape index (κ1) is 11.3. The SMILES string of the molecule is CC12CC1CC[C@]1(C)C2=CC(=O)OC1c1ccoc1. The van der Waals surface area contributed by atoms with Crippen molar-refractivity contribution in [1.82, 2.24) is 0 Å². The molecular weight excluding hydrogens is 240 g/mol. The lowest BCUT2D eigenvalue weighted by Gasteiger charge is -2.46. The van der Waals surface area contributed by atoms with E-state index in [1.54, 1.807) is 18.6 Å². The Morgan fingerprint density at radius 2 is 2.16 bits per heavy atom. The molecule has 2 fully saturated rings. The van der Waals surface area contributed by atoms with Gasteiger partial charge in [-0.25, -0.2) is 4.79 Å². The van der Waals surface area contributed by atoms with Crippen molar-refractivity contribution in [2.75, 3.05) is 0 Å². The maximum Gasteiger partial charge on any atom is 0.331 e. The molecule has 0 aromatic carbocycles. The van der Waals surface area contributed by atoms with E-state index in [1.807, 2.05) is 6.07 Å². The minimum Gasteiger partial charge on any atom is -0.472 e. The zero-order valence-corrected chi connectivity index (χ0v) is 11.3. The van der Waals surface area contributed by atoms with Crippen LogP contribution in [0.2, 0.25) is 0 Å². The molecular formula is C16H18O3. The number of ether oxygens (including phenoxy) is 1. The average molecular weight is 258 g/mol. The minimum absolute atomic E-state index is 0.0699. The summed E-state index contributed by atoms with van der Waals surface area (Å²) in [5.41, 5.74) is 2.44. The molecule has 2 aliphatic carbocycles. The standard InChI is InChI=1S/C16H18O3/c1-15-5-3-11-8-16(11,2)12(15)7-13(17)19-14(15)10-4-6-18-9-10/h4,6-7,9,11,14H,3,5,8H2,1-2H3/t11?,14?,15-,16?/m1/s1. The number of furan rings is 1. The summed E-state index contributed by atoms with van der Waals surface area (Å²) < 4.78 is 10.8. The highest BCUT2D eigenvalue weighted by atomic mass is 16.5. The van der Waals surface area contributed by atoms with Gasteiger partial charge in [0.05, 0.1) is 12.5 Å². The molecule has 0 amide bonds. The number of hydrogen-bond acceptors (Lipinski definition) is 3. The van der Waals surface area contributed by atoms with Crippen LogP contribution in [-0.2, 0) is 9.53 Å². The molecule has 0 N–H and O–H groups in total. The van der Waals surface area contributed by atoms with Crippen molar-refractivity contribution in [3.63, 3.8) is 0 Å². The van der Waals surface area contributed by atoms with Gasteiger partial charge in [-0.1, -0.05) is 13.8 Å². The Bertz CT molecular complexity index is 571. The molecule has 100 valence electrons. The van der Waals surface area contributed by atoms with Crippen molar-refractivity contribution in [3.05, 3.63) is 35.8 Å². The van der Waals surface area contributed by atoms with E-state index >= 15 is 0 Å². The summed E-state index contributed by atoms with van der Waals surface area (Å²) in [7, 11) is 0. The Morgan fingerprint density at radius 3 is 2.89 bits per heavy atom. The first-order chi connectivity index (χ1) is 9.04. The molecule has 4 rings (SSSR count). The maximum atomic E-state index is 11.9. The van der Waals surface area contributed by atoms with Crippen molar-refractivity contribution >= 4 is 5.97 Å². The van der Waals surface area contributed by atoms with Crippen molar-refractivity contribution in [2.45, 2.75) is 39.2 Å². The van der Waals surface area contributed by atoms with E-state index in [4.69, 9.17) is 9.15 Å². The van der Waals surface area contributed by atoms with Gasteiger partial charge in [-0.2, -0.15) is 0 Å². The number of carbonyl (C=O) groups is 1. The molecule has 0 bridgehead atoms. The number of esters is 1. The highest BCUT2D eigenvalue weighted by molar-refractivity contribution is 5.85. The van der Waals surface area contributed by atoms with E-state index in [-0.39, 0.29) is 22.9 Å². The van der Waals surface area contributed by atoms with Crippen molar-refractivity contribution in [3.8, 4) is 0 Å². The van der Waals surface area contributed by atoms with E-state index in [2.05, 4.69) is 13.8 Å². The fourth-order valence-corrected chi connectivity index (χ4v) is 4.32. The van der Waals surface area contributed by atoms with Crippen LogP contribution in [0.15, 0.2) is 34.7 Å². The van der Waals surface area contributed by atoms with Gasteiger partial charge in [0.25, 0.3) is 0 Å². The van der Waals surface area contributed by atoms with Crippen LogP contribution < -0.4 is 0 Å². The number of cyclic esters (lactones) is 1. The number of fused-ring (bicyclic) bond motifs is 3. The molecule has 3 heteroatoms. The molecule has 19 heavy (non-hydrogen) atoms. The molecule has 4 atom stereocenters. The van der Waals surface area contributed by atoms with Crippen LogP contribution in [-0.4, -0.2) is 5.97 Å². The van der Waals surface area contributed by atoms with Crippen molar-refractivity contribution < 1.29 is 13.9 Å². The predicted octanol–water partition coefficient (Wildman–Crippen LogP) is 3.63. The number of hydrogen-bond donors (Lipinski definition) is 0. The molecule has 2 heterocycles. The lowest BCUT2D eigenvalue weighted by atomic mass is 9.62. The van der Waals surface area contributed by atoms with E-state index in [0.717, 1.165) is 17.9 Å². The summed E-state index contributed by atoms with van der Waals surface area (Å²) in [5.74, 6) is 0.565. The minimum atomic E-state index is -0.201. The quantitative estimate of drug-likeness (QED) is 0.722. The summed E-state index contributed by atoms with van der Waals surface area (Å²) in [6.07, 6.45) is 8.45. The molecule has 0 spiro atoms. The van der Waals surface area contributed by atoms with Crippen LogP contribution >= 0.6 is 0 Å². The van der Waals surface area contributed by atoms with Gasteiger partial charge in [0.15, 0.2) is 0 Å².